The Kier molecular flexibility index (Phi) is 6.88. The van der Waals surface area contributed by atoms with Gasteiger partial charge in [-0.05, 0) is 61.9 Å². The molecule has 1 aliphatic heterocycles. The number of ether oxygens (including phenoxy) is 2. The molecule has 1 N–H and O–H groups in total. The molecule has 2 fully saturated rings. The van der Waals surface area contributed by atoms with Crippen LogP contribution in [0.25, 0.3) is 0 Å². The Morgan fingerprint density at radius 1 is 1.09 bits per heavy atom. The number of carbonyl (C=O) groups excluding carboxylic acids is 1. The van der Waals surface area contributed by atoms with Crippen molar-refractivity contribution in [1.82, 2.24) is 20.2 Å². The molecular weight excluding hydrogens is 444 g/mol. The number of carbonyl (C=O) groups is 1. The maximum atomic E-state index is 12.4. The zero-order valence-electron chi connectivity index (χ0n) is 18.0. The van der Waals surface area contributed by atoms with Crippen LogP contribution in [0.1, 0.15) is 25.7 Å². The molecule has 1 aliphatic carbocycles. The van der Waals surface area contributed by atoms with Gasteiger partial charge in [-0.2, -0.15) is 5.10 Å². The van der Waals surface area contributed by atoms with Crippen molar-refractivity contribution in [2.75, 3.05) is 23.3 Å². The van der Waals surface area contributed by atoms with Gasteiger partial charge < -0.3 is 14.8 Å². The van der Waals surface area contributed by atoms with Gasteiger partial charge in [0.2, 0.25) is 5.88 Å². The van der Waals surface area contributed by atoms with Crippen molar-refractivity contribution in [1.29, 1.82) is 0 Å². The number of anilines is 2. The largest absolute Gasteiger partial charge is 0.441 e. The van der Waals surface area contributed by atoms with Gasteiger partial charge in [-0.1, -0.05) is 6.07 Å². The highest BCUT2D eigenvalue weighted by Crippen LogP contribution is 2.40. The summed E-state index contributed by atoms with van der Waals surface area (Å²) in [5, 5.41) is 11.3. The fraction of sp³-hybridized carbons (Fsp3) is 0.348. The van der Waals surface area contributed by atoms with Crippen LogP contribution in [0.4, 0.5) is 16.4 Å². The van der Waals surface area contributed by atoms with Crippen molar-refractivity contribution in [3.63, 3.8) is 0 Å². The molecule has 0 radical (unpaired) electrons. The Hall–Kier alpha value is -3.46. The number of halogens is 1. The van der Waals surface area contributed by atoms with Crippen LogP contribution >= 0.6 is 12.4 Å². The average molecular weight is 469 g/mol. The van der Waals surface area contributed by atoms with Crippen molar-refractivity contribution < 1.29 is 14.3 Å². The zero-order valence-corrected chi connectivity index (χ0v) is 18.8. The van der Waals surface area contributed by atoms with Gasteiger partial charge in [-0.3, -0.25) is 4.90 Å². The standard InChI is InChI=1S/C23H24N6O3.ClH/c30-22-29(20-4-3-13-27-28-20)16-23(32-22)10-8-17(9-11-23)14-25-19-7-6-18(15-26-19)31-21-5-1-2-12-24-21;/h1-7,12-13,15,17H,8-11,14,16H2,(H,25,26);1H. The molecule has 4 heterocycles. The summed E-state index contributed by atoms with van der Waals surface area (Å²) in [6, 6.07) is 12.8. The van der Waals surface area contributed by atoms with Crippen molar-refractivity contribution >= 4 is 30.1 Å². The zero-order chi connectivity index (χ0) is 21.8. The molecule has 0 aromatic carbocycles. The monoisotopic (exact) mass is 468 g/mol. The summed E-state index contributed by atoms with van der Waals surface area (Å²) < 4.78 is 11.5. The second-order valence-corrected chi connectivity index (χ2v) is 8.19. The van der Waals surface area contributed by atoms with Gasteiger partial charge in [-0.15, -0.1) is 17.5 Å². The number of hydrogen-bond acceptors (Lipinski definition) is 8. The first-order valence-electron chi connectivity index (χ1n) is 10.8. The molecular formula is C23H25ClN6O3. The SMILES string of the molecule is Cl.O=C1OC2(CCC(CNc3ccc(Oc4ccccn4)cn3)CC2)CN1c1cccnn1. The Morgan fingerprint density at radius 2 is 1.97 bits per heavy atom. The second-order valence-electron chi connectivity index (χ2n) is 8.19. The molecule has 10 heteroatoms. The van der Waals surface area contributed by atoms with Gasteiger partial charge in [0.25, 0.3) is 0 Å². The van der Waals surface area contributed by atoms with Gasteiger partial charge in [0.15, 0.2) is 5.82 Å². The molecule has 0 atom stereocenters. The molecule has 2 aliphatic rings. The third-order valence-electron chi connectivity index (χ3n) is 5.99. The van der Waals surface area contributed by atoms with E-state index in [1.165, 1.54) is 0 Å². The molecule has 0 bridgehead atoms. The Morgan fingerprint density at radius 3 is 2.67 bits per heavy atom. The maximum Gasteiger partial charge on any atom is 0.416 e. The first kappa shape index (κ1) is 22.7. The Bertz CT molecular complexity index is 1050. The highest BCUT2D eigenvalue weighted by molar-refractivity contribution is 5.89. The van der Waals surface area contributed by atoms with Gasteiger partial charge in [0.1, 0.15) is 17.2 Å². The van der Waals surface area contributed by atoms with E-state index in [2.05, 4.69) is 25.5 Å². The van der Waals surface area contributed by atoms with E-state index >= 15 is 0 Å². The molecule has 0 unspecified atom stereocenters. The smallest absolute Gasteiger partial charge is 0.416 e. The number of hydrogen-bond donors (Lipinski definition) is 1. The number of nitrogens with one attached hydrogen (secondary N) is 1. The molecule has 9 nitrogen and oxygen atoms in total. The minimum absolute atomic E-state index is 0. The number of amides is 1. The van der Waals surface area contributed by atoms with Gasteiger partial charge in [0, 0.05) is 25.0 Å². The summed E-state index contributed by atoms with van der Waals surface area (Å²) in [4.78, 5) is 22.5. The minimum atomic E-state index is -0.423. The minimum Gasteiger partial charge on any atom is -0.441 e. The number of nitrogens with zero attached hydrogens (tertiary/aromatic N) is 5. The third kappa shape index (κ3) is 5.31. The highest BCUT2D eigenvalue weighted by atomic mass is 35.5. The van der Waals surface area contributed by atoms with E-state index in [1.54, 1.807) is 41.7 Å². The van der Waals surface area contributed by atoms with Crippen LogP contribution in [-0.4, -0.2) is 44.9 Å². The fourth-order valence-electron chi connectivity index (χ4n) is 4.23. The van der Waals surface area contributed by atoms with Crippen LogP contribution < -0.4 is 15.0 Å². The lowest BCUT2D eigenvalue weighted by Crippen LogP contribution is -2.39. The first-order chi connectivity index (χ1) is 15.7. The molecule has 3 aromatic heterocycles. The highest BCUT2D eigenvalue weighted by Gasteiger charge is 2.48. The molecule has 172 valence electrons. The first-order valence-corrected chi connectivity index (χ1v) is 10.8. The normalized spacial score (nSPS) is 21.9. The maximum absolute atomic E-state index is 12.4. The summed E-state index contributed by atoms with van der Waals surface area (Å²) in [6.07, 6.45) is 8.27. The number of aromatic nitrogens is 4. The summed E-state index contributed by atoms with van der Waals surface area (Å²) in [6.45, 7) is 1.36. The Balaban J connectivity index is 0.00000259. The molecule has 1 amide bonds. The van der Waals surface area contributed by atoms with Crippen LogP contribution in [0.3, 0.4) is 0 Å². The van der Waals surface area contributed by atoms with Gasteiger partial charge >= 0.3 is 6.09 Å². The second kappa shape index (κ2) is 9.99. The van der Waals surface area contributed by atoms with Crippen molar-refractivity contribution in [3.8, 4) is 11.6 Å². The van der Waals surface area contributed by atoms with E-state index in [-0.39, 0.29) is 18.5 Å². The van der Waals surface area contributed by atoms with Crippen molar-refractivity contribution in [2.45, 2.75) is 31.3 Å². The van der Waals surface area contributed by atoms with E-state index in [1.807, 2.05) is 24.3 Å². The summed E-state index contributed by atoms with van der Waals surface area (Å²) in [5.74, 6) is 3.02. The summed E-state index contributed by atoms with van der Waals surface area (Å²) in [7, 11) is 0. The lowest BCUT2D eigenvalue weighted by molar-refractivity contribution is 0.0148. The van der Waals surface area contributed by atoms with Gasteiger partial charge in [-0.25, -0.2) is 14.8 Å². The molecule has 1 spiro atoms. The predicted octanol–water partition coefficient (Wildman–Crippen LogP) is 4.48. The quantitative estimate of drug-likeness (QED) is 0.565. The summed E-state index contributed by atoms with van der Waals surface area (Å²) >= 11 is 0. The van der Waals surface area contributed by atoms with Gasteiger partial charge in [0.05, 0.1) is 12.7 Å². The average Bonchev–Trinajstić information content (AvgIpc) is 3.16. The predicted molar refractivity (Wildman–Crippen MR) is 125 cm³/mol. The molecule has 5 rings (SSSR count). The van der Waals surface area contributed by atoms with Crippen LogP contribution in [0.15, 0.2) is 61.1 Å². The molecule has 1 saturated carbocycles. The van der Waals surface area contributed by atoms with Crippen LogP contribution in [0, 0.1) is 5.92 Å². The van der Waals surface area contributed by atoms with E-state index < -0.39 is 5.60 Å². The summed E-state index contributed by atoms with van der Waals surface area (Å²) in [5.41, 5.74) is -0.423. The van der Waals surface area contributed by atoms with Crippen LogP contribution in [0.2, 0.25) is 0 Å². The van der Waals surface area contributed by atoms with Crippen molar-refractivity contribution in [3.05, 3.63) is 61.1 Å². The lowest BCUT2D eigenvalue weighted by atomic mass is 9.78. The molecule has 3 aromatic rings. The Labute approximate surface area is 198 Å². The van der Waals surface area contributed by atoms with Crippen LogP contribution in [0.5, 0.6) is 11.6 Å². The number of rotatable bonds is 6. The third-order valence-corrected chi connectivity index (χ3v) is 5.99. The fourth-order valence-corrected chi connectivity index (χ4v) is 4.23. The topological polar surface area (TPSA) is 102 Å². The van der Waals surface area contributed by atoms with E-state index in [0.717, 1.165) is 38.0 Å². The number of pyridine rings is 2. The van der Waals surface area contributed by atoms with E-state index in [0.29, 0.717) is 29.9 Å². The van der Waals surface area contributed by atoms with E-state index in [9.17, 15) is 4.79 Å². The molecule has 1 saturated heterocycles. The van der Waals surface area contributed by atoms with Crippen molar-refractivity contribution in [2.24, 2.45) is 5.92 Å². The lowest BCUT2D eigenvalue weighted by Gasteiger charge is -2.35. The molecule has 33 heavy (non-hydrogen) atoms. The van der Waals surface area contributed by atoms with E-state index in [4.69, 9.17) is 9.47 Å². The van der Waals surface area contributed by atoms with Crippen LogP contribution in [-0.2, 0) is 4.74 Å².